The molecule has 20 heavy (non-hydrogen) atoms. The van der Waals surface area contributed by atoms with Crippen molar-refractivity contribution in [1.82, 2.24) is 15.8 Å². The van der Waals surface area contributed by atoms with E-state index in [9.17, 15) is 13.2 Å². The number of allylic oxidation sites excluding steroid dienone is 1. The fourth-order valence-electron chi connectivity index (χ4n) is 1.90. The van der Waals surface area contributed by atoms with Crippen molar-refractivity contribution in [2.75, 3.05) is 12.8 Å². The lowest BCUT2D eigenvalue weighted by Crippen LogP contribution is -2.32. The molecule has 0 saturated carbocycles. The predicted molar refractivity (Wildman–Crippen MR) is 72.1 cm³/mol. The van der Waals surface area contributed by atoms with E-state index in [1.54, 1.807) is 24.4 Å². The molecule has 0 aliphatic carbocycles. The Kier molecular flexibility index (Phi) is 4.35. The van der Waals surface area contributed by atoms with Crippen LogP contribution in [0.5, 0.6) is 0 Å². The molecule has 0 fully saturated rings. The van der Waals surface area contributed by atoms with Crippen molar-refractivity contribution in [3.05, 3.63) is 41.1 Å². The Balaban J connectivity index is 2.28. The minimum Gasteiger partial charge on any atom is -0.353 e. The number of carbonyl (C=O) groups excluding carboxylic acids is 1. The Bertz CT molecular complexity index is 613. The van der Waals surface area contributed by atoms with Crippen LogP contribution >= 0.6 is 0 Å². The van der Waals surface area contributed by atoms with Crippen LogP contribution in [0.15, 0.2) is 35.5 Å². The van der Waals surface area contributed by atoms with Gasteiger partial charge in [0.05, 0.1) is 10.7 Å². The molecule has 108 valence electrons. The number of sulfone groups is 1. The molecule has 0 bridgehead atoms. The first-order chi connectivity index (χ1) is 9.54. The van der Waals surface area contributed by atoms with E-state index in [-0.39, 0.29) is 10.7 Å². The van der Waals surface area contributed by atoms with Crippen LogP contribution < -0.4 is 10.8 Å². The Morgan fingerprint density at radius 1 is 1.50 bits per heavy atom. The van der Waals surface area contributed by atoms with Gasteiger partial charge in [-0.2, -0.15) is 0 Å². The number of hydroxylamine groups is 1. The predicted octanol–water partition coefficient (Wildman–Crippen LogP) is 0.686. The molecule has 0 aromatic carbocycles. The highest BCUT2D eigenvalue weighted by molar-refractivity contribution is 7.95. The summed E-state index contributed by atoms with van der Waals surface area (Å²) in [7, 11) is -1.92. The number of nitrogens with one attached hydrogen (secondary N) is 2. The largest absolute Gasteiger partial charge is 0.425 e. The summed E-state index contributed by atoms with van der Waals surface area (Å²) in [4.78, 5) is 20.1. The normalized spacial score (nSPS) is 18.1. The van der Waals surface area contributed by atoms with Gasteiger partial charge in [0.1, 0.15) is 6.04 Å². The molecule has 7 nitrogen and oxygen atoms in total. The maximum atomic E-state index is 12.0. The maximum Gasteiger partial charge on any atom is 0.425 e. The molecule has 8 heteroatoms. The summed E-state index contributed by atoms with van der Waals surface area (Å²) < 4.78 is 24.0. The van der Waals surface area contributed by atoms with Crippen molar-refractivity contribution >= 4 is 15.9 Å². The number of aromatic nitrogens is 1. The first kappa shape index (κ1) is 14.5. The average Bonchev–Trinajstić information content (AvgIpc) is 2.80. The van der Waals surface area contributed by atoms with Gasteiger partial charge in [0.2, 0.25) is 0 Å². The zero-order valence-corrected chi connectivity index (χ0v) is 11.7. The van der Waals surface area contributed by atoms with Gasteiger partial charge in [-0.3, -0.25) is 4.98 Å². The Hall–Kier alpha value is -1.93. The van der Waals surface area contributed by atoms with Crippen LogP contribution in [0.25, 0.3) is 0 Å². The molecule has 2 heterocycles. The van der Waals surface area contributed by atoms with Gasteiger partial charge < -0.3 is 10.2 Å². The molecule has 1 aromatic rings. The number of pyridine rings is 1. The molecule has 0 saturated heterocycles. The third-order valence-electron chi connectivity index (χ3n) is 2.87. The summed E-state index contributed by atoms with van der Waals surface area (Å²) in [6.45, 7) is 0. The number of hydrogen-bond donors (Lipinski definition) is 2. The maximum absolute atomic E-state index is 12.0. The van der Waals surface area contributed by atoms with E-state index in [0.717, 1.165) is 0 Å². The molecule has 2 N–H and O–H groups in total. The van der Waals surface area contributed by atoms with Crippen molar-refractivity contribution in [1.29, 1.82) is 0 Å². The highest BCUT2D eigenvalue weighted by atomic mass is 32.2. The standard InChI is InChI=1S/C12H15N3O4S/c1-13-12(16)19-15-11(9-4-2-6-14-8-9)10-5-3-7-20(10,17)18/h2,4-6,8,11,15H,3,7H2,1H3,(H,13,16). The van der Waals surface area contributed by atoms with E-state index in [1.165, 1.54) is 13.2 Å². The molecule has 0 radical (unpaired) electrons. The van der Waals surface area contributed by atoms with Gasteiger partial charge in [0, 0.05) is 19.4 Å². The molecule has 1 amide bonds. The lowest BCUT2D eigenvalue weighted by atomic mass is 10.1. The second-order valence-electron chi connectivity index (χ2n) is 4.19. The Morgan fingerprint density at radius 3 is 2.85 bits per heavy atom. The van der Waals surface area contributed by atoms with Crippen LogP contribution in [0.1, 0.15) is 18.0 Å². The lowest BCUT2D eigenvalue weighted by Gasteiger charge is -2.19. The van der Waals surface area contributed by atoms with E-state index in [1.807, 2.05) is 0 Å². The lowest BCUT2D eigenvalue weighted by molar-refractivity contribution is 0.0782. The highest BCUT2D eigenvalue weighted by Gasteiger charge is 2.32. The van der Waals surface area contributed by atoms with Crippen LogP contribution in [0.3, 0.4) is 0 Å². The van der Waals surface area contributed by atoms with E-state index < -0.39 is 22.0 Å². The van der Waals surface area contributed by atoms with Crippen molar-refractivity contribution < 1.29 is 18.0 Å². The van der Waals surface area contributed by atoms with Gasteiger partial charge in [0.15, 0.2) is 9.84 Å². The van der Waals surface area contributed by atoms with Gasteiger partial charge in [-0.05, 0) is 18.1 Å². The summed E-state index contributed by atoms with van der Waals surface area (Å²) >= 11 is 0. The molecular weight excluding hydrogens is 282 g/mol. The summed E-state index contributed by atoms with van der Waals surface area (Å²) in [6, 6.07) is 2.65. The van der Waals surface area contributed by atoms with Crippen LogP contribution in [-0.4, -0.2) is 32.3 Å². The molecule has 0 spiro atoms. The third kappa shape index (κ3) is 3.14. The third-order valence-corrected chi connectivity index (χ3v) is 4.76. The molecule has 1 aliphatic heterocycles. The summed E-state index contributed by atoms with van der Waals surface area (Å²) in [6.07, 6.45) is 4.50. The van der Waals surface area contributed by atoms with Gasteiger partial charge in [0.25, 0.3) is 0 Å². The van der Waals surface area contributed by atoms with Crippen LogP contribution in [0, 0.1) is 0 Å². The molecule has 1 aromatic heterocycles. The highest BCUT2D eigenvalue weighted by Crippen LogP contribution is 2.30. The number of hydrogen-bond acceptors (Lipinski definition) is 6. The molecule has 1 atom stereocenters. The zero-order chi connectivity index (χ0) is 14.6. The topological polar surface area (TPSA) is 97.4 Å². The van der Waals surface area contributed by atoms with Crippen LogP contribution in [0.4, 0.5) is 4.79 Å². The van der Waals surface area contributed by atoms with Gasteiger partial charge >= 0.3 is 6.09 Å². The van der Waals surface area contributed by atoms with Crippen molar-refractivity contribution in [3.63, 3.8) is 0 Å². The number of carbonyl (C=O) groups is 1. The summed E-state index contributed by atoms with van der Waals surface area (Å²) in [5, 5.41) is 2.27. The van der Waals surface area contributed by atoms with Crippen LogP contribution in [0.2, 0.25) is 0 Å². The fourth-order valence-corrected chi connectivity index (χ4v) is 3.48. The Labute approximate surface area is 116 Å². The first-order valence-electron chi connectivity index (χ1n) is 6.01. The molecular formula is C12H15N3O4S. The van der Waals surface area contributed by atoms with Crippen molar-refractivity contribution in [2.24, 2.45) is 0 Å². The van der Waals surface area contributed by atoms with E-state index in [0.29, 0.717) is 12.0 Å². The van der Waals surface area contributed by atoms with Crippen molar-refractivity contribution in [3.8, 4) is 0 Å². The molecule has 2 rings (SSSR count). The van der Waals surface area contributed by atoms with Crippen LogP contribution in [-0.2, 0) is 14.7 Å². The Morgan fingerprint density at radius 2 is 2.30 bits per heavy atom. The van der Waals surface area contributed by atoms with E-state index in [4.69, 9.17) is 4.84 Å². The fraction of sp³-hybridized carbons (Fsp3) is 0.333. The van der Waals surface area contributed by atoms with Crippen molar-refractivity contribution in [2.45, 2.75) is 12.5 Å². The average molecular weight is 297 g/mol. The zero-order valence-electron chi connectivity index (χ0n) is 10.9. The minimum absolute atomic E-state index is 0.0702. The molecule has 1 unspecified atom stereocenters. The quantitative estimate of drug-likeness (QED) is 0.793. The number of nitrogens with zero attached hydrogens (tertiary/aromatic N) is 1. The second kappa shape index (κ2) is 6.02. The van der Waals surface area contributed by atoms with Gasteiger partial charge in [-0.1, -0.05) is 12.1 Å². The smallest absolute Gasteiger partial charge is 0.353 e. The molecule has 1 aliphatic rings. The monoisotopic (exact) mass is 297 g/mol. The van der Waals surface area contributed by atoms with Gasteiger partial charge in [-0.15, -0.1) is 5.48 Å². The SMILES string of the molecule is CNC(=O)ONC(C1=CCCS1(=O)=O)c1cccnc1. The summed E-state index contributed by atoms with van der Waals surface area (Å²) in [5.74, 6) is 0.0702. The second-order valence-corrected chi connectivity index (χ2v) is 6.30. The first-order valence-corrected chi connectivity index (χ1v) is 7.66. The summed E-state index contributed by atoms with van der Waals surface area (Å²) in [5.41, 5.74) is 3.09. The van der Waals surface area contributed by atoms with E-state index in [2.05, 4.69) is 15.8 Å². The van der Waals surface area contributed by atoms with E-state index >= 15 is 0 Å². The van der Waals surface area contributed by atoms with Gasteiger partial charge in [-0.25, -0.2) is 13.2 Å². The minimum atomic E-state index is -3.33. The number of amides is 1. The number of rotatable bonds is 4.